The number of rotatable bonds is 3. The fourth-order valence-electron chi connectivity index (χ4n) is 3.67. The summed E-state index contributed by atoms with van der Waals surface area (Å²) in [6.45, 7) is 6.58. The summed E-state index contributed by atoms with van der Waals surface area (Å²) in [6, 6.07) is 5.52. The molecule has 4 rings (SSSR count). The molecule has 2 aromatic rings. The molecule has 0 amide bonds. The third-order valence-corrected chi connectivity index (χ3v) is 6.09. The second kappa shape index (κ2) is 6.37. The highest BCUT2D eigenvalue weighted by atomic mass is 32.1. The third kappa shape index (κ3) is 2.91. The Kier molecular flexibility index (Phi) is 4.20. The van der Waals surface area contributed by atoms with Crippen molar-refractivity contribution >= 4 is 17.1 Å². The minimum atomic E-state index is 0.0781. The predicted octanol–water partition coefficient (Wildman–Crippen LogP) is 5.37. The van der Waals surface area contributed by atoms with Crippen LogP contribution in [0.5, 0.6) is 22.3 Å². The van der Waals surface area contributed by atoms with E-state index in [-0.39, 0.29) is 18.5 Å². The Morgan fingerprint density at radius 3 is 2.84 bits per heavy atom. The number of benzene rings is 1. The van der Waals surface area contributed by atoms with Crippen molar-refractivity contribution in [2.75, 3.05) is 6.79 Å². The molecule has 1 atom stereocenters. The van der Waals surface area contributed by atoms with Gasteiger partial charge in [-0.3, -0.25) is 4.79 Å². The average Bonchev–Trinajstić information content (AvgIpc) is 3.09. The molecule has 0 spiro atoms. The molecule has 25 heavy (non-hydrogen) atoms. The summed E-state index contributed by atoms with van der Waals surface area (Å²) in [6.07, 6.45) is 2.97. The Bertz CT molecular complexity index is 821. The average molecular weight is 358 g/mol. The second-order valence-corrected chi connectivity index (χ2v) is 8.21. The van der Waals surface area contributed by atoms with Crippen LogP contribution in [0.15, 0.2) is 18.2 Å². The van der Waals surface area contributed by atoms with Crippen molar-refractivity contribution in [1.82, 2.24) is 0 Å². The monoisotopic (exact) mass is 358 g/mol. The number of fused-ring (bicyclic) bond motifs is 2. The Labute approximate surface area is 151 Å². The van der Waals surface area contributed by atoms with Gasteiger partial charge in [0.2, 0.25) is 6.79 Å². The molecule has 0 saturated heterocycles. The van der Waals surface area contributed by atoms with Gasteiger partial charge < -0.3 is 14.2 Å². The van der Waals surface area contributed by atoms with E-state index in [9.17, 15) is 4.79 Å². The van der Waals surface area contributed by atoms with E-state index in [4.69, 9.17) is 14.2 Å². The quantitative estimate of drug-likeness (QED) is 0.692. The Morgan fingerprint density at radius 2 is 2.04 bits per heavy atom. The molecule has 1 unspecified atom stereocenters. The van der Waals surface area contributed by atoms with E-state index in [0.717, 1.165) is 30.6 Å². The van der Waals surface area contributed by atoms with Crippen LogP contribution >= 0.6 is 11.3 Å². The smallest absolute Gasteiger partial charge is 0.231 e. The minimum absolute atomic E-state index is 0.0781. The SMILES string of the molecule is Cc1sc(Oc2ccc3c(c2)OCO3)c2c1CCCC(C(C)C)C2=O. The van der Waals surface area contributed by atoms with Crippen molar-refractivity contribution in [2.24, 2.45) is 11.8 Å². The van der Waals surface area contributed by atoms with Gasteiger partial charge in [-0.25, -0.2) is 0 Å². The first kappa shape index (κ1) is 16.5. The van der Waals surface area contributed by atoms with Crippen molar-refractivity contribution < 1.29 is 19.0 Å². The van der Waals surface area contributed by atoms with E-state index < -0.39 is 0 Å². The van der Waals surface area contributed by atoms with E-state index >= 15 is 0 Å². The van der Waals surface area contributed by atoms with Crippen LogP contribution in [0.3, 0.4) is 0 Å². The maximum Gasteiger partial charge on any atom is 0.231 e. The first-order valence-electron chi connectivity index (χ1n) is 8.78. The molecule has 2 heterocycles. The highest BCUT2D eigenvalue weighted by Gasteiger charge is 2.33. The highest BCUT2D eigenvalue weighted by Crippen LogP contribution is 2.44. The minimum Gasteiger partial charge on any atom is -0.454 e. The molecule has 0 saturated carbocycles. The molecule has 132 valence electrons. The second-order valence-electron chi connectivity index (χ2n) is 7.02. The van der Waals surface area contributed by atoms with Crippen molar-refractivity contribution in [3.05, 3.63) is 34.2 Å². The molecular weight excluding hydrogens is 336 g/mol. The van der Waals surface area contributed by atoms with Crippen LogP contribution in [-0.2, 0) is 6.42 Å². The number of carbonyl (C=O) groups excluding carboxylic acids is 1. The number of aryl methyl sites for hydroxylation is 1. The van der Waals surface area contributed by atoms with Gasteiger partial charge in [0.05, 0.1) is 5.56 Å². The van der Waals surface area contributed by atoms with E-state index in [1.165, 1.54) is 10.4 Å². The van der Waals surface area contributed by atoms with Gasteiger partial charge in [-0.2, -0.15) is 0 Å². The summed E-state index contributed by atoms with van der Waals surface area (Å²) >= 11 is 1.57. The molecule has 4 nitrogen and oxygen atoms in total. The molecule has 1 aromatic heterocycles. The fraction of sp³-hybridized carbons (Fsp3) is 0.450. The summed E-state index contributed by atoms with van der Waals surface area (Å²) < 4.78 is 16.9. The van der Waals surface area contributed by atoms with Crippen LogP contribution in [-0.4, -0.2) is 12.6 Å². The van der Waals surface area contributed by atoms with Gasteiger partial charge >= 0.3 is 0 Å². The lowest BCUT2D eigenvalue weighted by atomic mass is 9.86. The van der Waals surface area contributed by atoms with Crippen molar-refractivity contribution in [3.8, 4) is 22.3 Å². The van der Waals surface area contributed by atoms with Crippen LogP contribution in [0.25, 0.3) is 0 Å². The number of hydrogen-bond donors (Lipinski definition) is 0. The largest absolute Gasteiger partial charge is 0.454 e. The number of thiophene rings is 1. The van der Waals surface area contributed by atoms with Gasteiger partial charge in [0, 0.05) is 16.9 Å². The number of ketones is 1. The zero-order chi connectivity index (χ0) is 17.6. The lowest BCUT2D eigenvalue weighted by Gasteiger charge is -2.17. The molecule has 1 aromatic carbocycles. The van der Waals surface area contributed by atoms with Crippen molar-refractivity contribution in [2.45, 2.75) is 40.0 Å². The van der Waals surface area contributed by atoms with Gasteiger partial charge in [-0.15, -0.1) is 11.3 Å². The summed E-state index contributed by atoms with van der Waals surface area (Å²) in [7, 11) is 0. The molecule has 1 aliphatic carbocycles. The van der Waals surface area contributed by atoms with Crippen LogP contribution < -0.4 is 14.2 Å². The first-order valence-corrected chi connectivity index (χ1v) is 9.60. The summed E-state index contributed by atoms with van der Waals surface area (Å²) in [5.74, 6) is 2.74. The van der Waals surface area contributed by atoms with Crippen molar-refractivity contribution in [3.63, 3.8) is 0 Å². The topological polar surface area (TPSA) is 44.8 Å². The van der Waals surface area contributed by atoms with E-state index in [1.807, 2.05) is 18.2 Å². The molecular formula is C20H22O4S. The zero-order valence-electron chi connectivity index (χ0n) is 14.8. The number of hydrogen-bond acceptors (Lipinski definition) is 5. The molecule has 0 radical (unpaired) electrons. The molecule has 5 heteroatoms. The van der Waals surface area contributed by atoms with E-state index in [0.29, 0.717) is 22.5 Å². The third-order valence-electron chi connectivity index (χ3n) is 5.06. The maximum absolute atomic E-state index is 13.2. The van der Waals surface area contributed by atoms with Crippen LogP contribution in [0, 0.1) is 18.8 Å². The Morgan fingerprint density at radius 1 is 1.24 bits per heavy atom. The standard InChI is InChI=1S/C20H22O4S/c1-11(2)14-5-4-6-15-12(3)25-20(18(15)19(14)21)24-13-7-8-16-17(9-13)23-10-22-16/h7-9,11,14H,4-6,10H2,1-3H3. The van der Waals surface area contributed by atoms with Gasteiger partial charge in [0.1, 0.15) is 5.75 Å². The maximum atomic E-state index is 13.2. The normalized spacial score (nSPS) is 19.0. The zero-order valence-corrected chi connectivity index (χ0v) is 15.6. The van der Waals surface area contributed by atoms with Gasteiger partial charge in [0.25, 0.3) is 0 Å². The lowest BCUT2D eigenvalue weighted by molar-refractivity contribution is 0.0879. The number of ether oxygens (including phenoxy) is 3. The molecule has 0 bridgehead atoms. The predicted molar refractivity (Wildman–Crippen MR) is 97.3 cm³/mol. The van der Waals surface area contributed by atoms with Gasteiger partial charge in [0.15, 0.2) is 22.3 Å². The Balaban J connectivity index is 1.71. The van der Waals surface area contributed by atoms with Crippen LogP contribution in [0.2, 0.25) is 0 Å². The number of Topliss-reactive ketones (excluding diaryl/α,β-unsaturated/α-hetero) is 1. The first-order chi connectivity index (χ1) is 12.0. The van der Waals surface area contributed by atoms with Crippen LogP contribution in [0.1, 0.15) is 47.5 Å². The molecule has 2 aliphatic rings. The molecule has 1 aliphatic heterocycles. The van der Waals surface area contributed by atoms with E-state index in [2.05, 4.69) is 20.8 Å². The molecule has 0 fully saturated rings. The van der Waals surface area contributed by atoms with Gasteiger partial charge in [-0.1, -0.05) is 13.8 Å². The summed E-state index contributed by atoms with van der Waals surface area (Å²) in [5.41, 5.74) is 1.98. The van der Waals surface area contributed by atoms with E-state index in [1.54, 1.807) is 11.3 Å². The fourth-order valence-corrected chi connectivity index (χ4v) is 4.74. The summed E-state index contributed by atoms with van der Waals surface area (Å²) in [4.78, 5) is 14.4. The highest BCUT2D eigenvalue weighted by molar-refractivity contribution is 7.14. The van der Waals surface area contributed by atoms with Crippen LogP contribution in [0.4, 0.5) is 0 Å². The van der Waals surface area contributed by atoms with Gasteiger partial charge in [-0.05, 0) is 49.8 Å². The Hall–Kier alpha value is -2.01. The summed E-state index contributed by atoms with van der Waals surface area (Å²) in [5, 5.41) is 0.712. The molecule has 0 N–H and O–H groups in total. The lowest BCUT2D eigenvalue weighted by Crippen LogP contribution is -2.19. The van der Waals surface area contributed by atoms with Crippen molar-refractivity contribution in [1.29, 1.82) is 0 Å². The number of carbonyl (C=O) groups is 1.